The molecule has 1 heterocycles. The lowest BCUT2D eigenvalue weighted by atomic mass is 9.69. The normalized spacial score (nSPS) is 24.0. The Kier molecular flexibility index (Phi) is 12.0. The van der Waals surface area contributed by atoms with Crippen LogP contribution in [0, 0.1) is 23.7 Å². The summed E-state index contributed by atoms with van der Waals surface area (Å²) >= 11 is 6.37. The van der Waals surface area contributed by atoms with Crippen LogP contribution in [0.2, 0.25) is 23.2 Å². The zero-order chi connectivity index (χ0) is 35.6. The second-order valence-corrected chi connectivity index (χ2v) is 22.7. The number of nitrogens with two attached hydrogens (primary N) is 1. The first-order chi connectivity index (χ1) is 23.0. The van der Waals surface area contributed by atoms with Crippen molar-refractivity contribution in [3.63, 3.8) is 0 Å². The van der Waals surface area contributed by atoms with E-state index in [1.165, 1.54) is 12.7 Å². The van der Waals surface area contributed by atoms with Gasteiger partial charge in [0.2, 0.25) is 10.0 Å². The minimum atomic E-state index is -3.51. The minimum Gasteiger partial charge on any atom is -0.487 e. The lowest BCUT2D eigenvalue weighted by Gasteiger charge is -2.48. The fourth-order valence-corrected chi connectivity index (χ4v) is 9.60. The third kappa shape index (κ3) is 9.50. The van der Waals surface area contributed by atoms with Crippen LogP contribution in [0.15, 0.2) is 48.6 Å². The third-order valence-corrected chi connectivity index (χ3v) is 17.1. The SMILES string of the molecule is COC(=O)c1ccc2c(c1)N(C[C@H]1CC[C@H]1C(/C=C\[C@H]1CC[C@H]1CS(N)(=O)=O)O[Si](C)(C)C(C)(C)C)CCCCc1cc(Cl)ccc1CO2. The van der Waals surface area contributed by atoms with E-state index in [0.29, 0.717) is 24.0 Å². The number of anilines is 1. The zero-order valence-electron chi connectivity index (χ0n) is 30.0. The third-order valence-electron chi connectivity index (χ3n) is 11.5. The van der Waals surface area contributed by atoms with Crippen molar-refractivity contribution in [2.75, 3.05) is 30.9 Å². The van der Waals surface area contributed by atoms with E-state index in [4.69, 9.17) is 30.6 Å². The van der Waals surface area contributed by atoms with Crippen LogP contribution in [0.25, 0.3) is 0 Å². The van der Waals surface area contributed by atoms with Crippen molar-refractivity contribution in [2.45, 2.75) is 96.6 Å². The van der Waals surface area contributed by atoms with Gasteiger partial charge in [-0.25, -0.2) is 18.4 Å². The second kappa shape index (κ2) is 15.5. The van der Waals surface area contributed by atoms with Gasteiger partial charge in [0.05, 0.1) is 30.2 Å². The maximum atomic E-state index is 12.7. The quantitative estimate of drug-likeness (QED) is 0.149. The van der Waals surface area contributed by atoms with Gasteiger partial charge >= 0.3 is 5.97 Å². The van der Waals surface area contributed by atoms with Crippen molar-refractivity contribution >= 4 is 41.6 Å². The standard InChI is InChI=1S/C38H55ClN2O6SSi/c1-38(2,3)49(5,6)47-35(18-14-26-10-11-31(26)25-48(40,43)44)33-17-13-29(33)23-41-20-8-7-9-27-21-32(39)16-12-30(27)24-46-36-19-15-28(22-34(36)41)37(42)45-4/h12,14-16,18-19,21-22,26,29,31,33,35H,7-11,13,17,20,23-25H2,1-6H3,(H2,40,43,44)/b18-14-/t26-,29-,31+,33-,35?/m1/s1. The Morgan fingerprint density at radius 1 is 1.08 bits per heavy atom. The highest BCUT2D eigenvalue weighted by atomic mass is 35.5. The fraction of sp³-hybridized carbons (Fsp3) is 0.605. The number of aryl methyl sites for hydroxylation is 1. The maximum absolute atomic E-state index is 12.7. The first-order valence-corrected chi connectivity index (χ1v) is 22.8. The summed E-state index contributed by atoms with van der Waals surface area (Å²) in [5, 5.41) is 6.19. The summed E-state index contributed by atoms with van der Waals surface area (Å²) in [6, 6.07) is 11.6. The molecule has 0 radical (unpaired) electrons. The summed E-state index contributed by atoms with van der Waals surface area (Å²) in [6.07, 6.45) is 11.3. The van der Waals surface area contributed by atoms with Crippen molar-refractivity contribution in [3.8, 4) is 5.75 Å². The first kappa shape index (κ1) is 37.9. The van der Waals surface area contributed by atoms with Crippen molar-refractivity contribution in [3.05, 3.63) is 70.3 Å². The van der Waals surface area contributed by atoms with Gasteiger partial charge in [-0.1, -0.05) is 50.6 Å². The minimum absolute atomic E-state index is 0.0317. The number of hydrogen-bond acceptors (Lipinski definition) is 7. The monoisotopic (exact) mass is 730 g/mol. The number of halogens is 1. The van der Waals surface area contributed by atoms with E-state index in [-0.39, 0.29) is 34.7 Å². The molecule has 2 fully saturated rings. The topological polar surface area (TPSA) is 108 Å². The molecule has 2 aromatic carbocycles. The summed E-state index contributed by atoms with van der Waals surface area (Å²) in [5.41, 5.74) is 3.74. The average molecular weight is 731 g/mol. The first-order valence-electron chi connectivity index (χ1n) is 17.8. The molecule has 0 amide bonds. The van der Waals surface area contributed by atoms with Gasteiger partial charge in [-0.3, -0.25) is 0 Å². The maximum Gasteiger partial charge on any atom is 0.337 e. The summed E-state index contributed by atoms with van der Waals surface area (Å²) in [7, 11) is -4.23. The van der Waals surface area contributed by atoms with Gasteiger partial charge in [0.1, 0.15) is 12.4 Å². The van der Waals surface area contributed by atoms with E-state index < -0.39 is 18.3 Å². The molecule has 1 aliphatic heterocycles. The van der Waals surface area contributed by atoms with Crippen LogP contribution >= 0.6 is 11.6 Å². The molecule has 3 aliphatic rings. The van der Waals surface area contributed by atoms with Crippen LogP contribution < -0.4 is 14.8 Å². The highest BCUT2D eigenvalue weighted by Crippen LogP contribution is 2.46. The van der Waals surface area contributed by atoms with Crippen molar-refractivity contribution < 1.29 is 27.1 Å². The van der Waals surface area contributed by atoms with Crippen molar-refractivity contribution in [1.29, 1.82) is 0 Å². The molecule has 0 spiro atoms. The molecule has 2 aromatic rings. The van der Waals surface area contributed by atoms with E-state index >= 15 is 0 Å². The van der Waals surface area contributed by atoms with E-state index in [2.05, 4.69) is 50.9 Å². The lowest BCUT2D eigenvalue weighted by Crippen LogP contribution is -2.50. The molecule has 5 atom stereocenters. The predicted molar refractivity (Wildman–Crippen MR) is 200 cm³/mol. The van der Waals surface area contributed by atoms with Gasteiger partial charge < -0.3 is 18.8 Å². The molecule has 49 heavy (non-hydrogen) atoms. The molecular weight excluding hydrogens is 676 g/mol. The van der Waals surface area contributed by atoms with E-state index in [1.807, 2.05) is 30.3 Å². The molecule has 11 heteroatoms. The smallest absolute Gasteiger partial charge is 0.337 e. The summed E-state index contributed by atoms with van der Waals surface area (Å²) in [5.74, 6) is 1.36. The van der Waals surface area contributed by atoms with Gasteiger partial charge in [-0.2, -0.15) is 0 Å². The molecule has 2 saturated carbocycles. The molecule has 0 aromatic heterocycles. The fourth-order valence-electron chi connectivity index (χ4n) is 7.11. The molecule has 8 nitrogen and oxygen atoms in total. The summed E-state index contributed by atoms with van der Waals surface area (Å²) in [6.45, 7) is 13.4. The van der Waals surface area contributed by atoms with Gasteiger partial charge in [-0.15, -0.1) is 0 Å². The zero-order valence-corrected chi connectivity index (χ0v) is 32.6. The Hall–Kier alpha value is -2.37. The molecule has 1 unspecified atom stereocenters. The van der Waals surface area contributed by atoms with Crippen LogP contribution in [-0.2, 0) is 32.2 Å². The van der Waals surface area contributed by atoms with E-state index in [9.17, 15) is 13.2 Å². The Balaban J connectivity index is 1.42. The van der Waals surface area contributed by atoms with Crippen molar-refractivity contribution in [1.82, 2.24) is 0 Å². The van der Waals surface area contributed by atoms with Gasteiger partial charge in [-0.05, 0) is 128 Å². The van der Waals surface area contributed by atoms with E-state index in [0.717, 1.165) is 80.1 Å². The number of sulfonamides is 1. The largest absolute Gasteiger partial charge is 0.487 e. The number of esters is 1. The van der Waals surface area contributed by atoms with Crippen molar-refractivity contribution in [2.24, 2.45) is 28.8 Å². The van der Waals surface area contributed by atoms with E-state index in [1.54, 1.807) is 6.07 Å². The van der Waals surface area contributed by atoms with Gasteiger partial charge in [0.15, 0.2) is 8.32 Å². The van der Waals surface area contributed by atoms with Crippen LogP contribution in [0.3, 0.4) is 0 Å². The van der Waals surface area contributed by atoms with Gasteiger partial charge in [0.25, 0.3) is 0 Å². The number of nitrogens with zero attached hydrogens (tertiary/aromatic N) is 1. The Morgan fingerprint density at radius 2 is 1.84 bits per heavy atom. The molecule has 2 aliphatic carbocycles. The van der Waals surface area contributed by atoms with Gasteiger partial charge in [0, 0.05) is 18.1 Å². The second-order valence-electron chi connectivity index (χ2n) is 15.8. The average Bonchev–Trinajstić information content (AvgIpc) is 3.03. The molecule has 2 N–H and O–H groups in total. The van der Waals surface area contributed by atoms with Crippen LogP contribution in [0.4, 0.5) is 5.69 Å². The number of methoxy groups -OCH3 is 1. The van der Waals surface area contributed by atoms with Crippen LogP contribution in [0.1, 0.15) is 80.8 Å². The van der Waals surface area contributed by atoms with Crippen LogP contribution in [-0.4, -0.2) is 54.8 Å². The molecule has 0 bridgehead atoms. The highest BCUT2D eigenvalue weighted by Gasteiger charge is 2.44. The highest BCUT2D eigenvalue weighted by molar-refractivity contribution is 7.89. The Bertz CT molecular complexity index is 1620. The number of rotatable bonds is 10. The Morgan fingerprint density at radius 3 is 2.47 bits per heavy atom. The molecule has 270 valence electrons. The predicted octanol–water partition coefficient (Wildman–Crippen LogP) is 8.14. The lowest BCUT2D eigenvalue weighted by molar-refractivity contribution is 0.0524. The summed E-state index contributed by atoms with van der Waals surface area (Å²) in [4.78, 5) is 15.1. The molecule has 0 saturated heterocycles. The van der Waals surface area contributed by atoms with Crippen LogP contribution in [0.5, 0.6) is 5.75 Å². The number of benzene rings is 2. The molecule has 5 rings (SSSR count). The number of carbonyl (C=O) groups excluding carboxylic acids is 1. The summed E-state index contributed by atoms with van der Waals surface area (Å²) < 4.78 is 42.4. The Labute approximate surface area is 299 Å². The number of ether oxygens (including phenoxy) is 2. The number of carbonyl (C=O) groups is 1. The number of primary sulfonamides is 1. The molecular formula is C38H55ClN2O6SSi. The number of hydrogen-bond donors (Lipinski definition) is 1. The number of fused-ring (bicyclic) bond motifs is 2. The number of allylic oxidation sites excluding steroid dienone is 1.